The Morgan fingerprint density at radius 3 is 2.44 bits per heavy atom. The van der Waals surface area contributed by atoms with Crippen molar-refractivity contribution in [3.8, 4) is 11.4 Å². The lowest BCUT2D eigenvalue weighted by molar-refractivity contribution is 0.0523. The number of methoxy groups -OCH3 is 1. The van der Waals surface area contributed by atoms with Gasteiger partial charge in [-0.3, -0.25) is 5.41 Å². The molecule has 0 atom stereocenters. The highest BCUT2D eigenvalue weighted by atomic mass is 16.5. The maximum Gasteiger partial charge on any atom is 0.339 e. The standard InChI is InChI=1S/C22H28N2O3/c1-4-27-22(25)19-14-24(17-10-12-18(26-3)13-11-17)21(23)15(2)20(19)16-8-6-5-7-9-16/h10-14,16,23H,4-9H2,1-3H3. The highest BCUT2D eigenvalue weighted by Gasteiger charge is 2.26. The number of benzene rings is 1. The molecule has 27 heavy (non-hydrogen) atoms. The van der Waals surface area contributed by atoms with Gasteiger partial charge >= 0.3 is 5.97 Å². The van der Waals surface area contributed by atoms with Gasteiger partial charge in [0.05, 0.1) is 19.3 Å². The first kappa shape index (κ1) is 19.2. The summed E-state index contributed by atoms with van der Waals surface area (Å²) in [5.74, 6) is 0.781. The Balaban J connectivity index is 2.15. The Labute approximate surface area is 160 Å². The van der Waals surface area contributed by atoms with E-state index in [9.17, 15) is 4.79 Å². The molecule has 1 aliphatic rings. The minimum atomic E-state index is -0.302. The summed E-state index contributed by atoms with van der Waals surface area (Å²) in [7, 11) is 1.63. The highest BCUT2D eigenvalue weighted by Crippen LogP contribution is 2.36. The van der Waals surface area contributed by atoms with Gasteiger partial charge in [0.1, 0.15) is 11.2 Å². The molecule has 1 aromatic carbocycles. The normalized spacial score (nSPS) is 14.8. The first-order chi connectivity index (χ1) is 13.1. The van der Waals surface area contributed by atoms with Crippen LogP contribution in [0.2, 0.25) is 0 Å². The van der Waals surface area contributed by atoms with Gasteiger partial charge in [-0.25, -0.2) is 4.79 Å². The maximum absolute atomic E-state index is 12.7. The first-order valence-electron chi connectivity index (χ1n) is 9.69. The number of hydrogen-bond acceptors (Lipinski definition) is 4. The van der Waals surface area contributed by atoms with Gasteiger partial charge < -0.3 is 14.0 Å². The fourth-order valence-electron chi connectivity index (χ4n) is 4.01. The zero-order chi connectivity index (χ0) is 19.4. The molecule has 0 bridgehead atoms. The van der Waals surface area contributed by atoms with E-state index in [0.29, 0.717) is 23.6 Å². The number of rotatable bonds is 5. The molecule has 2 aromatic rings. The third kappa shape index (κ3) is 3.92. The third-order valence-electron chi connectivity index (χ3n) is 5.41. The molecule has 1 N–H and O–H groups in total. The molecule has 0 aliphatic heterocycles. The van der Waals surface area contributed by atoms with Gasteiger partial charge in [-0.05, 0) is 68.0 Å². The largest absolute Gasteiger partial charge is 0.497 e. The average molecular weight is 368 g/mol. The molecule has 0 unspecified atom stereocenters. The number of pyridine rings is 1. The van der Waals surface area contributed by atoms with E-state index in [2.05, 4.69) is 0 Å². The molecule has 0 saturated heterocycles. The Kier molecular flexibility index (Phi) is 5.99. The van der Waals surface area contributed by atoms with Crippen LogP contribution in [0.3, 0.4) is 0 Å². The minimum Gasteiger partial charge on any atom is -0.497 e. The smallest absolute Gasteiger partial charge is 0.339 e. The van der Waals surface area contributed by atoms with Crippen LogP contribution in [0.25, 0.3) is 5.69 Å². The van der Waals surface area contributed by atoms with Gasteiger partial charge in [0, 0.05) is 11.9 Å². The molecule has 1 saturated carbocycles. The number of nitrogens with one attached hydrogen (secondary N) is 1. The Morgan fingerprint density at radius 2 is 1.85 bits per heavy atom. The summed E-state index contributed by atoms with van der Waals surface area (Å²) in [5, 5.41) is 8.71. The SMILES string of the molecule is CCOC(=O)c1cn(-c2ccc(OC)cc2)c(=N)c(C)c1C1CCCCC1. The summed E-state index contributed by atoms with van der Waals surface area (Å²) in [6, 6.07) is 7.50. The van der Waals surface area contributed by atoms with Crippen LogP contribution in [0.5, 0.6) is 5.75 Å². The van der Waals surface area contributed by atoms with Crippen molar-refractivity contribution in [3.63, 3.8) is 0 Å². The van der Waals surface area contributed by atoms with Crippen molar-refractivity contribution >= 4 is 5.97 Å². The molecule has 1 aromatic heterocycles. The summed E-state index contributed by atoms with van der Waals surface area (Å²) in [5.41, 5.74) is 3.69. The molecule has 1 aliphatic carbocycles. The molecule has 5 heteroatoms. The van der Waals surface area contributed by atoms with Crippen molar-refractivity contribution in [3.05, 3.63) is 52.6 Å². The van der Waals surface area contributed by atoms with Gasteiger partial charge in [0.25, 0.3) is 0 Å². The predicted molar refractivity (Wildman–Crippen MR) is 105 cm³/mol. The van der Waals surface area contributed by atoms with Crippen molar-refractivity contribution in [2.75, 3.05) is 13.7 Å². The lowest BCUT2D eigenvalue weighted by atomic mass is 9.80. The van der Waals surface area contributed by atoms with Crippen LogP contribution in [0.4, 0.5) is 0 Å². The van der Waals surface area contributed by atoms with E-state index in [0.717, 1.165) is 35.4 Å². The third-order valence-corrected chi connectivity index (χ3v) is 5.41. The topological polar surface area (TPSA) is 64.3 Å². The van der Waals surface area contributed by atoms with Crippen LogP contribution < -0.4 is 10.2 Å². The van der Waals surface area contributed by atoms with Gasteiger partial charge in [-0.1, -0.05) is 19.3 Å². The molecule has 0 spiro atoms. The second-order valence-electron chi connectivity index (χ2n) is 7.05. The molecule has 0 amide bonds. The quantitative estimate of drug-likeness (QED) is 0.791. The van der Waals surface area contributed by atoms with Gasteiger partial charge in [0.15, 0.2) is 0 Å². The summed E-state index contributed by atoms with van der Waals surface area (Å²) in [6.45, 7) is 4.11. The monoisotopic (exact) mass is 368 g/mol. The second kappa shape index (κ2) is 8.42. The fraction of sp³-hybridized carbons (Fsp3) is 0.455. The zero-order valence-corrected chi connectivity index (χ0v) is 16.4. The zero-order valence-electron chi connectivity index (χ0n) is 16.4. The van der Waals surface area contributed by atoms with Crippen LogP contribution in [0, 0.1) is 12.3 Å². The van der Waals surface area contributed by atoms with Crippen molar-refractivity contribution in [1.82, 2.24) is 4.57 Å². The Hall–Kier alpha value is -2.56. The number of nitrogens with zero attached hydrogens (tertiary/aromatic N) is 1. The van der Waals surface area contributed by atoms with Gasteiger partial charge in [-0.2, -0.15) is 0 Å². The molecule has 3 rings (SSSR count). The van der Waals surface area contributed by atoms with E-state index < -0.39 is 0 Å². The number of hydrogen-bond donors (Lipinski definition) is 1. The number of aromatic nitrogens is 1. The second-order valence-corrected chi connectivity index (χ2v) is 7.05. The molecule has 144 valence electrons. The van der Waals surface area contributed by atoms with E-state index in [1.54, 1.807) is 17.9 Å². The summed E-state index contributed by atoms with van der Waals surface area (Å²) in [4.78, 5) is 12.7. The van der Waals surface area contributed by atoms with Crippen LogP contribution in [0.15, 0.2) is 30.5 Å². The molecule has 1 fully saturated rings. The number of carbonyl (C=O) groups excluding carboxylic acids is 1. The highest BCUT2D eigenvalue weighted by molar-refractivity contribution is 5.91. The van der Waals surface area contributed by atoms with Crippen molar-refractivity contribution in [2.45, 2.75) is 51.9 Å². The van der Waals surface area contributed by atoms with Crippen molar-refractivity contribution < 1.29 is 14.3 Å². The summed E-state index contributed by atoms with van der Waals surface area (Å²) >= 11 is 0. The molecule has 5 nitrogen and oxygen atoms in total. The predicted octanol–water partition coefficient (Wildman–Crippen LogP) is 4.50. The van der Waals surface area contributed by atoms with Crippen LogP contribution in [-0.4, -0.2) is 24.3 Å². The van der Waals surface area contributed by atoms with Crippen LogP contribution in [-0.2, 0) is 4.74 Å². The Morgan fingerprint density at radius 1 is 1.19 bits per heavy atom. The summed E-state index contributed by atoms with van der Waals surface area (Å²) < 4.78 is 12.3. The van der Waals surface area contributed by atoms with E-state index in [-0.39, 0.29) is 5.97 Å². The van der Waals surface area contributed by atoms with Crippen molar-refractivity contribution in [2.24, 2.45) is 0 Å². The number of carbonyl (C=O) groups is 1. The van der Waals surface area contributed by atoms with Crippen LogP contribution in [0.1, 0.15) is 66.4 Å². The number of ether oxygens (including phenoxy) is 2. The summed E-state index contributed by atoms with van der Waals surface area (Å²) in [6.07, 6.45) is 7.51. The lowest BCUT2D eigenvalue weighted by Crippen LogP contribution is -2.27. The first-order valence-corrected chi connectivity index (χ1v) is 9.69. The number of esters is 1. The van der Waals surface area contributed by atoms with E-state index in [1.807, 2.05) is 38.1 Å². The van der Waals surface area contributed by atoms with Crippen molar-refractivity contribution in [1.29, 1.82) is 5.41 Å². The molecular weight excluding hydrogens is 340 g/mol. The fourth-order valence-corrected chi connectivity index (χ4v) is 4.01. The lowest BCUT2D eigenvalue weighted by Gasteiger charge is -2.26. The minimum absolute atomic E-state index is 0.302. The van der Waals surface area contributed by atoms with E-state index in [4.69, 9.17) is 14.9 Å². The van der Waals surface area contributed by atoms with Gasteiger partial charge in [-0.15, -0.1) is 0 Å². The van der Waals surface area contributed by atoms with E-state index in [1.165, 1.54) is 19.3 Å². The Bertz CT molecular complexity index is 862. The van der Waals surface area contributed by atoms with Gasteiger partial charge in [0.2, 0.25) is 0 Å². The maximum atomic E-state index is 12.7. The average Bonchev–Trinajstić information content (AvgIpc) is 2.70. The van der Waals surface area contributed by atoms with E-state index >= 15 is 0 Å². The molecule has 1 heterocycles. The molecule has 0 radical (unpaired) electrons. The molecular formula is C22H28N2O3. The van der Waals surface area contributed by atoms with Crippen LogP contribution >= 0.6 is 0 Å².